The first-order valence-corrected chi connectivity index (χ1v) is 8.67. The molecule has 0 saturated heterocycles. The molecule has 4 rings (SSSR count). The van der Waals surface area contributed by atoms with E-state index < -0.39 is 0 Å². The van der Waals surface area contributed by atoms with Gasteiger partial charge in [0.25, 0.3) is 0 Å². The molecule has 1 aromatic carbocycles. The Bertz CT molecular complexity index is 684. The van der Waals surface area contributed by atoms with Gasteiger partial charge in [0.2, 0.25) is 5.91 Å². The van der Waals surface area contributed by atoms with E-state index >= 15 is 0 Å². The van der Waals surface area contributed by atoms with Crippen LogP contribution in [-0.2, 0) is 4.79 Å². The number of hydrogen-bond acceptors (Lipinski definition) is 3. The van der Waals surface area contributed by atoms with Crippen molar-refractivity contribution in [1.29, 1.82) is 0 Å². The van der Waals surface area contributed by atoms with Crippen LogP contribution in [0.2, 0.25) is 0 Å². The van der Waals surface area contributed by atoms with Crippen LogP contribution in [0.5, 0.6) is 0 Å². The summed E-state index contributed by atoms with van der Waals surface area (Å²) in [5, 5.41) is 3.76. The number of nitrogens with one attached hydrogen (secondary N) is 1. The molecule has 1 N–H and O–H groups in total. The van der Waals surface area contributed by atoms with E-state index in [1.165, 1.54) is 19.3 Å². The normalized spacial score (nSPS) is 28.1. The summed E-state index contributed by atoms with van der Waals surface area (Å²) in [5.41, 5.74) is 0.946. The van der Waals surface area contributed by atoms with Gasteiger partial charge >= 0.3 is 0 Å². The highest BCUT2D eigenvalue weighted by atomic mass is 79.9. The zero-order valence-electron chi connectivity index (χ0n) is 10.9. The lowest BCUT2D eigenvalue weighted by Gasteiger charge is -2.19. The fourth-order valence-corrected chi connectivity index (χ4v) is 5.14. The lowest BCUT2D eigenvalue weighted by Crippen LogP contribution is -2.27. The number of hydrogen-bond donors (Lipinski definition) is 1. The SMILES string of the molecule is O=C(Nc1nc2ccc(Br)cc2s1)[C@@H]1C[C@H]2CC[C@@H]1C2. The summed E-state index contributed by atoms with van der Waals surface area (Å²) >= 11 is 5.01. The predicted octanol–water partition coefficient (Wildman–Crippen LogP) is 4.43. The quantitative estimate of drug-likeness (QED) is 0.870. The van der Waals surface area contributed by atoms with Crippen molar-refractivity contribution >= 4 is 48.5 Å². The van der Waals surface area contributed by atoms with E-state index in [4.69, 9.17) is 0 Å². The fourth-order valence-electron chi connectivity index (χ4n) is 3.72. The summed E-state index contributed by atoms with van der Waals surface area (Å²) in [6, 6.07) is 5.99. The molecule has 2 saturated carbocycles. The summed E-state index contributed by atoms with van der Waals surface area (Å²) in [4.78, 5) is 16.9. The van der Waals surface area contributed by atoms with Crippen LogP contribution < -0.4 is 5.32 Å². The topological polar surface area (TPSA) is 42.0 Å². The summed E-state index contributed by atoms with van der Waals surface area (Å²) in [7, 11) is 0. The standard InChI is InChI=1S/C15H15BrN2OS/c16-10-3-4-12-13(7-10)20-15(17-12)18-14(19)11-6-8-1-2-9(11)5-8/h3-4,7-9,11H,1-2,5-6H2,(H,17,18,19)/t8-,9+,11+/m0/s1. The van der Waals surface area contributed by atoms with Gasteiger partial charge in [0.15, 0.2) is 5.13 Å². The van der Waals surface area contributed by atoms with Crippen molar-refractivity contribution in [2.24, 2.45) is 17.8 Å². The van der Waals surface area contributed by atoms with Crippen LogP contribution in [-0.4, -0.2) is 10.9 Å². The zero-order valence-corrected chi connectivity index (χ0v) is 13.3. The number of aromatic nitrogens is 1. The molecule has 1 heterocycles. The molecule has 2 aliphatic rings. The minimum Gasteiger partial charge on any atom is -0.302 e. The number of rotatable bonds is 2. The summed E-state index contributed by atoms with van der Waals surface area (Å²) in [6.45, 7) is 0. The molecule has 1 aromatic heterocycles. The van der Waals surface area contributed by atoms with Gasteiger partial charge in [-0.3, -0.25) is 4.79 Å². The predicted molar refractivity (Wildman–Crippen MR) is 84.9 cm³/mol. The highest BCUT2D eigenvalue weighted by Crippen LogP contribution is 2.48. The van der Waals surface area contributed by atoms with E-state index in [-0.39, 0.29) is 11.8 Å². The number of nitrogens with zero attached hydrogens (tertiary/aromatic N) is 1. The highest BCUT2D eigenvalue weighted by molar-refractivity contribution is 9.10. The van der Waals surface area contributed by atoms with Gasteiger partial charge in [-0.25, -0.2) is 4.98 Å². The molecule has 2 aliphatic carbocycles. The minimum atomic E-state index is 0.176. The number of halogens is 1. The van der Waals surface area contributed by atoms with Crippen molar-refractivity contribution in [3.8, 4) is 0 Å². The van der Waals surface area contributed by atoms with Gasteiger partial charge in [-0.15, -0.1) is 0 Å². The molecule has 104 valence electrons. The van der Waals surface area contributed by atoms with Crippen LogP contribution in [0, 0.1) is 17.8 Å². The molecule has 20 heavy (non-hydrogen) atoms. The third-order valence-corrected chi connectivity index (χ3v) is 6.08. The van der Waals surface area contributed by atoms with Crippen LogP contribution in [0.15, 0.2) is 22.7 Å². The monoisotopic (exact) mass is 350 g/mol. The van der Waals surface area contributed by atoms with E-state index in [1.54, 1.807) is 11.3 Å². The number of amides is 1. The van der Waals surface area contributed by atoms with Crippen LogP contribution >= 0.6 is 27.3 Å². The first kappa shape index (κ1) is 12.8. The number of carbonyl (C=O) groups is 1. The van der Waals surface area contributed by atoms with E-state index in [9.17, 15) is 4.79 Å². The molecule has 1 amide bonds. The molecule has 0 aliphatic heterocycles. The van der Waals surface area contributed by atoms with Gasteiger partial charge in [0, 0.05) is 10.4 Å². The Morgan fingerprint density at radius 2 is 2.25 bits per heavy atom. The average Bonchev–Trinajstić information content (AvgIpc) is 3.11. The van der Waals surface area contributed by atoms with Crippen LogP contribution in [0.1, 0.15) is 25.7 Å². The zero-order chi connectivity index (χ0) is 13.7. The van der Waals surface area contributed by atoms with Crippen molar-refractivity contribution in [3.63, 3.8) is 0 Å². The Balaban J connectivity index is 1.53. The maximum absolute atomic E-state index is 12.4. The molecule has 3 atom stereocenters. The summed E-state index contributed by atoms with van der Waals surface area (Å²) in [5.74, 6) is 1.80. The van der Waals surface area contributed by atoms with Crippen molar-refractivity contribution in [1.82, 2.24) is 4.98 Å². The lowest BCUT2D eigenvalue weighted by atomic mass is 9.88. The Hall–Kier alpha value is -0.940. The second-order valence-corrected chi connectivity index (χ2v) is 7.85. The van der Waals surface area contributed by atoms with Gasteiger partial charge < -0.3 is 5.32 Å². The first-order valence-electron chi connectivity index (χ1n) is 7.06. The third-order valence-electron chi connectivity index (χ3n) is 4.66. The van der Waals surface area contributed by atoms with Crippen molar-refractivity contribution in [3.05, 3.63) is 22.7 Å². The molecule has 2 fully saturated rings. The molecule has 0 unspecified atom stereocenters. The van der Waals surface area contributed by atoms with Crippen LogP contribution in [0.25, 0.3) is 10.2 Å². The van der Waals surface area contributed by atoms with Gasteiger partial charge in [-0.1, -0.05) is 33.7 Å². The smallest absolute Gasteiger partial charge is 0.229 e. The maximum Gasteiger partial charge on any atom is 0.229 e. The largest absolute Gasteiger partial charge is 0.302 e. The Labute approximate surface area is 129 Å². The number of fused-ring (bicyclic) bond motifs is 3. The van der Waals surface area contributed by atoms with Gasteiger partial charge in [-0.2, -0.15) is 0 Å². The van der Waals surface area contributed by atoms with Crippen molar-refractivity contribution < 1.29 is 4.79 Å². The second-order valence-electron chi connectivity index (χ2n) is 5.90. The molecule has 2 bridgehead atoms. The first-order chi connectivity index (χ1) is 9.69. The highest BCUT2D eigenvalue weighted by Gasteiger charge is 2.43. The van der Waals surface area contributed by atoms with Crippen molar-refractivity contribution in [2.45, 2.75) is 25.7 Å². The van der Waals surface area contributed by atoms with Crippen LogP contribution in [0.4, 0.5) is 5.13 Å². The fraction of sp³-hybridized carbons (Fsp3) is 0.467. The third kappa shape index (κ3) is 2.17. The van der Waals surface area contributed by atoms with E-state index in [2.05, 4.69) is 26.2 Å². The Kier molecular flexibility index (Phi) is 3.07. The summed E-state index contributed by atoms with van der Waals surface area (Å²) < 4.78 is 2.14. The number of anilines is 1. The van der Waals surface area contributed by atoms with Gasteiger partial charge in [0.05, 0.1) is 10.2 Å². The minimum absolute atomic E-state index is 0.176. The number of carbonyl (C=O) groups excluding carboxylic acids is 1. The Morgan fingerprint density at radius 1 is 1.35 bits per heavy atom. The summed E-state index contributed by atoms with van der Waals surface area (Å²) in [6.07, 6.45) is 4.89. The molecular formula is C15H15BrN2OS. The molecule has 3 nitrogen and oxygen atoms in total. The molecular weight excluding hydrogens is 336 g/mol. The van der Waals surface area contributed by atoms with Gasteiger partial charge in [0.1, 0.15) is 0 Å². The average molecular weight is 351 g/mol. The van der Waals surface area contributed by atoms with Crippen LogP contribution in [0.3, 0.4) is 0 Å². The van der Waals surface area contributed by atoms with E-state index in [0.717, 1.165) is 32.2 Å². The lowest BCUT2D eigenvalue weighted by molar-refractivity contribution is -0.121. The van der Waals surface area contributed by atoms with Gasteiger partial charge in [-0.05, 0) is 49.3 Å². The molecule has 0 spiro atoms. The maximum atomic E-state index is 12.4. The number of benzene rings is 1. The van der Waals surface area contributed by atoms with Crippen molar-refractivity contribution in [2.75, 3.05) is 5.32 Å². The number of thiazole rings is 1. The van der Waals surface area contributed by atoms with E-state index in [0.29, 0.717) is 5.92 Å². The second kappa shape index (κ2) is 4.81. The van der Waals surface area contributed by atoms with E-state index in [1.807, 2.05) is 18.2 Å². The Morgan fingerprint density at radius 3 is 3.00 bits per heavy atom. The molecule has 0 radical (unpaired) electrons. The molecule has 5 heteroatoms. The molecule has 2 aromatic rings.